The predicted octanol–water partition coefficient (Wildman–Crippen LogP) is 3.08. The first kappa shape index (κ1) is 14.1. The third-order valence-corrected chi connectivity index (χ3v) is 5.28. The molecule has 3 rings (SSSR count). The average Bonchev–Trinajstić information content (AvgIpc) is 2.82. The molecule has 2 aromatic heterocycles. The van der Waals surface area contributed by atoms with Gasteiger partial charge in [-0.1, -0.05) is 11.8 Å². The van der Waals surface area contributed by atoms with E-state index in [1.54, 1.807) is 18.7 Å². The molecule has 20 heavy (non-hydrogen) atoms. The lowest BCUT2D eigenvalue weighted by Crippen LogP contribution is -2.16. The molecule has 0 amide bonds. The topological polar surface area (TPSA) is 58.0 Å². The van der Waals surface area contributed by atoms with Crippen molar-refractivity contribution in [2.24, 2.45) is 0 Å². The Hall–Kier alpha value is -0.850. The second-order valence-corrected chi connectivity index (χ2v) is 7.04. The van der Waals surface area contributed by atoms with Gasteiger partial charge in [-0.2, -0.15) is 0 Å². The number of aliphatic hydroxyl groups excluding tert-OH is 1. The van der Waals surface area contributed by atoms with E-state index in [4.69, 9.17) is 0 Å². The Balaban J connectivity index is 2.11. The molecule has 1 aliphatic rings. The molecule has 0 fully saturated rings. The van der Waals surface area contributed by atoms with E-state index in [0.717, 1.165) is 22.2 Å². The number of hydrogen-bond acceptors (Lipinski definition) is 6. The van der Waals surface area contributed by atoms with Gasteiger partial charge in [-0.3, -0.25) is 0 Å². The zero-order chi connectivity index (χ0) is 14.1. The Labute approximate surface area is 127 Å². The van der Waals surface area contributed by atoms with Gasteiger partial charge in [0.25, 0.3) is 0 Å². The van der Waals surface area contributed by atoms with Gasteiger partial charge in [-0.15, -0.1) is 11.3 Å². The molecule has 1 atom stereocenters. The van der Waals surface area contributed by atoms with Crippen molar-refractivity contribution < 1.29 is 5.11 Å². The number of fused-ring (bicyclic) bond motifs is 3. The normalized spacial score (nSPS) is 16.1. The summed E-state index contributed by atoms with van der Waals surface area (Å²) in [5.41, 5.74) is 1.43. The largest absolute Gasteiger partial charge is 0.392 e. The summed E-state index contributed by atoms with van der Waals surface area (Å²) in [4.78, 5) is 11.8. The highest BCUT2D eigenvalue weighted by Gasteiger charge is 2.21. The molecule has 0 aromatic carbocycles. The summed E-state index contributed by atoms with van der Waals surface area (Å²) in [6, 6.07) is 0. The first-order chi connectivity index (χ1) is 9.69. The molecule has 0 saturated carbocycles. The summed E-state index contributed by atoms with van der Waals surface area (Å²) in [5.74, 6) is 0.889. The van der Waals surface area contributed by atoms with Crippen LogP contribution in [0, 0.1) is 0 Å². The average molecular weight is 309 g/mol. The minimum absolute atomic E-state index is 0.382. The van der Waals surface area contributed by atoms with Crippen molar-refractivity contribution in [3.05, 3.63) is 10.4 Å². The van der Waals surface area contributed by atoms with Crippen LogP contribution in [0.1, 0.15) is 30.2 Å². The summed E-state index contributed by atoms with van der Waals surface area (Å²) >= 11 is 3.37. The zero-order valence-electron chi connectivity index (χ0n) is 11.8. The monoisotopic (exact) mass is 309 g/mol. The van der Waals surface area contributed by atoms with Crippen LogP contribution >= 0.6 is 23.1 Å². The maximum atomic E-state index is 9.49. The van der Waals surface area contributed by atoms with Gasteiger partial charge >= 0.3 is 0 Å². The second kappa shape index (κ2) is 5.87. The molecule has 6 heteroatoms. The van der Waals surface area contributed by atoms with Gasteiger partial charge in [-0.25, -0.2) is 9.97 Å². The fourth-order valence-electron chi connectivity index (χ4n) is 2.60. The quantitative estimate of drug-likeness (QED) is 0.671. The number of anilines is 1. The Morgan fingerprint density at radius 1 is 1.35 bits per heavy atom. The first-order valence-corrected chi connectivity index (χ1v) is 9.01. The summed E-state index contributed by atoms with van der Waals surface area (Å²) < 4.78 is 0. The lowest BCUT2D eigenvalue weighted by atomic mass is 9.97. The number of hydrogen-bond donors (Lipinski definition) is 2. The minimum atomic E-state index is -0.382. The Kier molecular flexibility index (Phi) is 4.14. The Morgan fingerprint density at radius 3 is 2.90 bits per heavy atom. The van der Waals surface area contributed by atoms with Gasteiger partial charge in [0.2, 0.25) is 0 Å². The van der Waals surface area contributed by atoms with E-state index in [-0.39, 0.29) is 6.10 Å². The lowest BCUT2D eigenvalue weighted by molar-refractivity contribution is 0.208. The van der Waals surface area contributed by atoms with Crippen molar-refractivity contribution in [3.63, 3.8) is 0 Å². The summed E-state index contributed by atoms with van der Waals surface area (Å²) in [5, 5.41) is 14.8. The van der Waals surface area contributed by atoms with E-state index >= 15 is 0 Å². The number of nitrogens with zero attached hydrogens (tertiary/aromatic N) is 2. The lowest BCUT2D eigenvalue weighted by Gasteiger charge is -2.13. The van der Waals surface area contributed by atoms with Crippen molar-refractivity contribution in [3.8, 4) is 0 Å². The standard InChI is InChI=1S/C14H19N3OS2/c1-8(18)7-15-12-11-9-5-3-4-6-10(9)20-13(11)17-14(16-12)19-2/h8,18H,3-7H2,1-2H3,(H,15,16,17). The third-order valence-electron chi connectivity index (χ3n) is 3.54. The van der Waals surface area contributed by atoms with Crippen molar-refractivity contribution in [2.45, 2.75) is 43.9 Å². The summed E-state index contributed by atoms with van der Waals surface area (Å²) in [6.45, 7) is 2.30. The number of thiophene rings is 1. The molecule has 2 heterocycles. The smallest absolute Gasteiger partial charge is 0.190 e. The molecule has 4 nitrogen and oxygen atoms in total. The fourth-order valence-corrected chi connectivity index (χ4v) is 4.29. The number of aliphatic hydroxyl groups is 1. The van der Waals surface area contributed by atoms with E-state index in [9.17, 15) is 5.11 Å². The first-order valence-electron chi connectivity index (χ1n) is 6.97. The summed E-state index contributed by atoms with van der Waals surface area (Å²) in [7, 11) is 0. The van der Waals surface area contributed by atoms with Crippen LogP contribution in [-0.4, -0.2) is 34.0 Å². The molecule has 108 valence electrons. The zero-order valence-corrected chi connectivity index (χ0v) is 13.4. The van der Waals surface area contributed by atoms with Crippen molar-refractivity contribution in [1.82, 2.24) is 9.97 Å². The summed E-state index contributed by atoms with van der Waals surface area (Å²) in [6.07, 6.45) is 6.43. The number of rotatable bonds is 4. The van der Waals surface area contributed by atoms with Gasteiger partial charge in [0, 0.05) is 11.4 Å². The van der Waals surface area contributed by atoms with E-state index < -0.39 is 0 Å². The predicted molar refractivity (Wildman–Crippen MR) is 86.0 cm³/mol. The minimum Gasteiger partial charge on any atom is -0.392 e. The van der Waals surface area contributed by atoms with E-state index in [1.165, 1.54) is 35.1 Å². The highest BCUT2D eigenvalue weighted by atomic mass is 32.2. The van der Waals surface area contributed by atoms with Crippen LogP contribution < -0.4 is 5.32 Å². The number of aryl methyl sites for hydroxylation is 2. The maximum Gasteiger partial charge on any atom is 0.190 e. The van der Waals surface area contributed by atoms with Gasteiger partial charge in [0.05, 0.1) is 11.5 Å². The molecule has 2 aromatic rings. The van der Waals surface area contributed by atoms with Crippen LogP contribution in [0.25, 0.3) is 10.2 Å². The van der Waals surface area contributed by atoms with Crippen molar-refractivity contribution in [1.29, 1.82) is 0 Å². The molecule has 2 N–H and O–H groups in total. The number of nitrogens with one attached hydrogen (secondary N) is 1. The molecule has 0 saturated heterocycles. The molecule has 0 radical (unpaired) electrons. The highest BCUT2D eigenvalue weighted by Crippen LogP contribution is 2.39. The van der Waals surface area contributed by atoms with Crippen molar-refractivity contribution in [2.75, 3.05) is 18.1 Å². The molecule has 0 spiro atoms. The number of aromatic nitrogens is 2. The maximum absolute atomic E-state index is 9.49. The third kappa shape index (κ3) is 2.64. The SMILES string of the molecule is CSc1nc(NCC(C)O)c2c3c(sc2n1)CCCC3. The fraction of sp³-hybridized carbons (Fsp3) is 0.571. The Morgan fingerprint density at radius 2 is 2.15 bits per heavy atom. The molecule has 0 aliphatic heterocycles. The van der Waals surface area contributed by atoms with Gasteiger partial charge in [0.1, 0.15) is 10.6 Å². The van der Waals surface area contributed by atoms with Crippen molar-refractivity contribution >= 4 is 39.1 Å². The van der Waals surface area contributed by atoms with Crippen LogP contribution in [0.15, 0.2) is 5.16 Å². The van der Waals surface area contributed by atoms with Gasteiger partial charge in [-0.05, 0) is 44.4 Å². The number of thioether (sulfide) groups is 1. The second-order valence-electron chi connectivity index (χ2n) is 5.18. The van der Waals surface area contributed by atoms with E-state index in [1.807, 2.05) is 17.6 Å². The molecule has 1 unspecified atom stereocenters. The molecular formula is C14H19N3OS2. The molecule has 1 aliphatic carbocycles. The van der Waals surface area contributed by atoms with Crippen LogP contribution in [-0.2, 0) is 12.8 Å². The highest BCUT2D eigenvalue weighted by molar-refractivity contribution is 7.98. The van der Waals surface area contributed by atoms with Gasteiger partial charge in [0.15, 0.2) is 5.16 Å². The van der Waals surface area contributed by atoms with Crippen LogP contribution in [0.2, 0.25) is 0 Å². The van der Waals surface area contributed by atoms with E-state index in [2.05, 4.69) is 15.3 Å². The molecular weight excluding hydrogens is 290 g/mol. The molecule has 0 bridgehead atoms. The van der Waals surface area contributed by atoms with Crippen LogP contribution in [0.4, 0.5) is 5.82 Å². The van der Waals surface area contributed by atoms with Crippen LogP contribution in [0.5, 0.6) is 0 Å². The van der Waals surface area contributed by atoms with E-state index in [0.29, 0.717) is 6.54 Å². The van der Waals surface area contributed by atoms with Crippen LogP contribution in [0.3, 0.4) is 0 Å². The Bertz CT molecular complexity index is 624. The van der Waals surface area contributed by atoms with Gasteiger partial charge < -0.3 is 10.4 Å².